The van der Waals surface area contributed by atoms with E-state index in [2.05, 4.69) is 0 Å². The average Bonchev–Trinajstić information content (AvgIpc) is 2.58. The zero-order chi connectivity index (χ0) is 16.5. The fourth-order valence-electron chi connectivity index (χ4n) is 1.96. The van der Waals surface area contributed by atoms with E-state index >= 15 is 0 Å². The van der Waals surface area contributed by atoms with Gasteiger partial charge in [0.25, 0.3) is 0 Å². The minimum atomic E-state index is -0.303. The number of benzene rings is 2. The van der Waals surface area contributed by atoms with Crippen LogP contribution in [0.1, 0.15) is 28.8 Å². The molecule has 0 amide bonds. The molecule has 0 saturated carbocycles. The first-order valence-corrected chi connectivity index (χ1v) is 7.51. The largest absolute Gasteiger partial charge is 0.494 e. The van der Waals surface area contributed by atoms with Crippen LogP contribution in [0.5, 0.6) is 5.75 Å². The Hall–Kier alpha value is -2.46. The maximum atomic E-state index is 12.8. The van der Waals surface area contributed by atoms with Gasteiger partial charge in [0.1, 0.15) is 11.6 Å². The number of unbranched alkanes of at least 4 members (excludes halogenated alkanes) is 1. The van der Waals surface area contributed by atoms with Crippen LogP contribution in [0, 0.1) is 5.82 Å². The Morgan fingerprint density at radius 2 is 1.74 bits per heavy atom. The number of carbonyl (C=O) groups is 1. The second kappa shape index (κ2) is 8.86. The molecule has 120 valence electrons. The molecule has 0 aliphatic rings. The zero-order valence-electron chi connectivity index (χ0n) is 12.7. The highest BCUT2D eigenvalue weighted by Crippen LogP contribution is 2.14. The van der Waals surface area contributed by atoms with E-state index in [0.717, 1.165) is 12.0 Å². The van der Waals surface area contributed by atoms with Gasteiger partial charge in [0.2, 0.25) is 0 Å². The molecule has 0 bridgehead atoms. The molecule has 0 aliphatic carbocycles. The van der Waals surface area contributed by atoms with Crippen LogP contribution in [0.4, 0.5) is 4.39 Å². The molecule has 2 rings (SSSR count). The third-order valence-corrected chi connectivity index (χ3v) is 3.26. The zero-order valence-corrected chi connectivity index (χ0v) is 12.7. The van der Waals surface area contributed by atoms with E-state index in [0.29, 0.717) is 24.3 Å². The summed E-state index contributed by atoms with van der Waals surface area (Å²) in [5, 5.41) is 8.69. The van der Waals surface area contributed by atoms with E-state index in [1.165, 1.54) is 18.2 Å². The number of carbonyl (C=O) groups excluding carboxylic acids is 1. The second-order valence-electron chi connectivity index (χ2n) is 5.05. The van der Waals surface area contributed by atoms with Gasteiger partial charge in [0.05, 0.1) is 6.61 Å². The third kappa shape index (κ3) is 5.68. The van der Waals surface area contributed by atoms with Crippen LogP contribution in [0.15, 0.2) is 54.6 Å². The van der Waals surface area contributed by atoms with Crippen molar-refractivity contribution in [3.63, 3.8) is 0 Å². The van der Waals surface area contributed by atoms with Crippen molar-refractivity contribution in [1.82, 2.24) is 0 Å². The number of rotatable bonds is 8. The molecule has 3 nitrogen and oxygen atoms in total. The summed E-state index contributed by atoms with van der Waals surface area (Å²) in [5.74, 6) is 0.270. The molecule has 2 aromatic rings. The molecule has 0 atom stereocenters. The van der Waals surface area contributed by atoms with Crippen molar-refractivity contribution < 1.29 is 19.0 Å². The van der Waals surface area contributed by atoms with Gasteiger partial charge in [0.15, 0.2) is 5.78 Å². The van der Waals surface area contributed by atoms with E-state index < -0.39 is 0 Å². The van der Waals surface area contributed by atoms with Crippen molar-refractivity contribution in [2.45, 2.75) is 12.8 Å². The molecule has 0 spiro atoms. The monoisotopic (exact) mass is 314 g/mol. The first-order valence-electron chi connectivity index (χ1n) is 7.51. The predicted molar refractivity (Wildman–Crippen MR) is 88.0 cm³/mol. The number of hydrogen-bond acceptors (Lipinski definition) is 3. The lowest BCUT2D eigenvalue weighted by atomic mass is 10.1. The molecule has 0 radical (unpaired) electrons. The van der Waals surface area contributed by atoms with Crippen LogP contribution < -0.4 is 4.74 Å². The second-order valence-corrected chi connectivity index (χ2v) is 5.05. The van der Waals surface area contributed by atoms with Crippen molar-refractivity contribution in [3.8, 4) is 5.75 Å². The van der Waals surface area contributed by atoms with Crippen LogP contribution in [0.2, 0.25) is 0 Å². The van der Waals surface area contributed by atoms with E-state index in [9.17, 15) is 9.18 Å². The number of hydrogen-bond donors (Lipinski definition) is 1. The molecule has 2 aromatic carbocycles. The van der Waals surface area contributed by atoms with Crippen molar-refractivity contribution in [2.24, 2.45) is 0 Å². The van der Waals surface area contributed by atoms with Crippen LogP contribution >= 0.6 is 0 Å². The summed E-state index contributed by atoms with van der Waals surface area (Å²) in [4.78, 5) is 12.1. The summed E-state index contributed by atoms with van der Waals surface area (Å²) in [7, 11) is 0. The van der Waals surface area contributed by atoms with Gasteiger partial charge in [-0.3, -0.25) is 4.79 Å². The fraction of sp³-hybridized carbons (Fsp3) is 0.211. The Morgan fingerprint density at radius 1 is 1.04 bits per heavy atom. The molecule has 0 unspecified atom stereocenters. The predicted octanol–water partition coefficient (Wildman–Crippen LogP) is 3.87. The van der Waals surface area contributed by atoms with Gasteiger partial charge in [-0.1, -0.05) is 18.2 Å². The quantitative estimate of drug-likeness (QED) is 0.457. The molecule has 0 saturated heterocycles. The number of halogens is 1. The van der Waals surface area contributed by atoms with Gasteiger partial charge in [-0.15, -0.1) is 0 Å². The van der Waals surface area contributed by atoms with Gasteiger partial charge in [-0.25, -0.2) is 4.39 Å². The van der Waals surface area contributed by atoms with Crippen molar-refractivity contribution >= 4 is 11.9 Å². The first kappa shape index (κ1) is 16.9. The summed E-state index contributed by atoms with van der Waals surface area (Å²) in [6.45, 7) is 0.704. The molecule has 4 heteroatoms. The highest BCUT2D eigenvalue weighted by Gasteiger charge is 2.02. The molecular weight excluding hydrogens is 295 g/mol. The lowest BCUT2D eigenvalue weighted by molar-refractivity contribution is 0.104. The third-order valence-electron chi connectivity index (χ3n) is 3.26. The van der Waals surface area contributed by atoms with Crippen LogP contribution in [-0.2, 0) is 0 Å². The molecule has 0 aromatic heterocycles. The molecule has 0 aliphatic heterocycles. The highest BCUT2D eigenvalue weighted by molar-refractivity contribution is 6.06. The van der Waals surface area contributed by atoms with E-state index in [1.807, 2.05) is 0 Å². The summed E-state index contributed by atoms with van der Waals surface area (Å²) in [6.07, 6.45) is 4.62. The number of ether oxygens (including phenoxy) is 1. The van der Waals surface area contributed by atoms with Crippen molar-refractivity contribution in [2.75, 3.05) is 13.2 Å². The lowest BCUT2D eigenvalue weighted by Gasteiger charge is -2.05. The van der Waals surface area contributed by atoms with Crippen LogP contribution in [0.3, 0.4) is 0 Å². The van der Waals surface area contributed by atoms with Crippen molar-refractivity contribution in [3.05, 3.63) is 71.6 Å². The number of aliphatic hydroxyl groups is 1. The van der Waals surface area contributed by atoms with Crippen LogP contribution in [0.25, 0.3) is 6.08 Å². The lowest BCUT2D eigenvalue weighted by Crippen LogP contribution is -1.99. The minimum Gasteiger partial charge on any atom is -0.494 e. The Bertz CT molecular complexity index is 645. The highest BCUT2D eigenvalue weighted by atomic mass is 19.1. The molecule has 0 fully saturated rings. The summed E-state index contributed by atoms with van der Waals surface area (Å²) >= 11 is 0. The Balaban J connectivity index is 1.90. The smallest absolute Gasteiger partial charge is 0.185 e. The molecular formula is C19H19FO3. The number of allylic oxidation sites excluding steroid dienone is 1. The Kier molecular flexibility index (Phi) is 6.51. The average molecular weight is 314 g/mol. The summed E-state index contributed by atoms with van der Waals surface area (Å²) in [6, 6.07) is 12.8. The van der Waals surface area contributed by atoms with Crippen molar-refractivity contribution in [1.29, 1.82) is 0 Å². The Morgan fingerprint density at radius 3 is 2.39 bits per heavy atom. The number of ketones is 1. The maximum absolute atomic E-state index is 12.8. The summed E-state index contributed by atoms with van der Waals surface area (Å²) < 4.78 is 18.3. The molecule has 0 heterocycles. The van der Waals surface area contributed by atoms with Gasteiger partial charge < -0.3 is 9.84 Å². The standard InChI is InChI=1S/C19H19FO3/c20-17-8-3-15(4-9-17)5-12-19(22)16-6-10-18(11-7-16)23-14-2-1-13-21/h3-12,21H,1-2,13-14H2. The minimum absolute atomic E-state index is 0.124. The SMILES string of the molecule is O=C(C=Cc1ccc(F)cc1)c1ccc(OCCCCO)cc1. The van der Waals surface area contributed by atoms with Crippen LogP contribution in [-0.4, -0.2) is 24.1 Å². The van der Waals surface area contributed by atoms with E-state index in [1.54, 1.807) is 42.5 Å². The van der Waals surface area contributed by atoms with Gasteiger partial charge in [-0.2, -0.15) is 0 Å². The van der Waals surface area contributed by atoms with Gasteiger partial charge in [0, 0.05) is 12.2 Å². The van der Waals surface area contributed by atoms with E-state index in [4.69, 9.17) is 9.84 Å². The first-order chi connectivity index (χ1) is 11.2. The maximum Gasteiger partial charge on any atom is 0.185 e. The van der Waals surface area contributed by atoms with Gasteiger partial charge >= 0.3 is 0 Å². The van der Waals surface area contributed by atoms with E-state index in [-0.39, 0.29) is 18.2 Å². The van der Waals surface area contributed by atoms with Gasteiger partial charge in [-0.05, 0) is 60.9 Å². The topological polar surface area (TPSA) is 46.5 Å². The fourth-order valence-corrected chi connectivity index (χ4v) is 1.96. The molecule has 1 N–H and O–H groups in total. The number of aliphatic hydroxyl groups excluding tert-OH is 1. The summed E-state index contributed by atoms with van der Waals surface area (Å²) in [5.41, 5.74) is 1.33. The Labute approximate surface area is 135 Å². The normalized spacial score (nSPS) is 10.9. The molecule has 23 heavy (non-hydrogen) atoms.